The fraction of sp³-hybridized carbons (Fsp3) is 0.278. The molecule has 0 bridgehead atoms. The number of fused-ring (bicyclic) bond motifs is 1. The van der Waals surface area contributed by atoms with Crippen LogP contribution in [-0.2, 0) is 4.79 Å². The van der Waals surface area contributed by atoms with Crippen LogP contribution in [-0.4, -0.2) is 20.9 Å². The van der Waals surface area contributed by atoms with E-state index in [9.17, 15) is 4.79 Å². The first kappa shape index (κ1) is 15.2. The highest BCUT2D eigenvalue weighted by atomic mass is 16.2. The van der Waals surface area contributed by atoms with Gasteiger partial charge in [-0.2, -0.15) is 0 Å². The topological polar surface area (TPSA) is 59.8 Å². The molecule has 3 aromatic rings. The molecule has 3 rings (SSSR count). The van der Waals surface area contributed by atoms with E-state index in [4.69, 9.17) is 0 Å². The summed E-state index contributed by atoms with van der Waals surface area (Å²) in [6, 6.07) is 17.5. The number of carbonyl (C=O) groups is 1. The van der Waals surface area contributed by atoms with E-state index in [1.807, 2.05) is 75.4 Å². The van der Waals surface area contributed by atoms with Crippen LogP contribution in [0.3, 0.4) is 0 Å². The number of rotatable bonds is 3. The van der Waals surface area contributed by atoms with Crippen molar-refractivity contribution in [3.05, 3.63) is 60.2 Å². The Kier molecular flexibility index (Phi) is 3.86. The molecule has 1 N–H and O–H groups in total. The molecule has 0 aliphatic rings. The van der Waals surface area contributed by atoms with Crippen molar-refractivity contribution in [2.75, 3.05) is 0 Å². The molecule has 0 aliphatic heterocycles. The first-order valence-electron chi connectivity index (χ1n) is 7.62. The summed E-state index contributed by atoms with van der Waals surface area (Å²) in [7, 11) is 0. The van der Waals surface area contributed by atoms with Gasteiger partial charge in [-0.1, -0.05) is 68.4 Å². The van der Waals surface area contributed by atoms with Crippen molar-refractivity contribution >= 4 is 16.9 Å². The SMILES string of the molecule is CC(C)(C)C(=O)N[C@@H](c1ccccc1)n1nnc2ccccc21. The highest BCUT2D eigenvalue weighted by molar-refractivity contribution is 5.82. The highest BCUT2D eigenvalue weighted by Gasteiger charge is 2.26. The Morgan fingerprint density at radius 2 is 1.70 bits per heavy atom. The molecule has 0 saturated carbocycles. The van der Waals surface area contributed by atoms with Crippen LogP contribution in [0.5, 0.6) is 0 Å². The van der Waals surface area contributed by atoms with Gasteiger partial charge in [-0.25, -0.2) is 4.68 Å². The summed E-state index contributed by atoms with van der Waals surface area (Å²) in [5.41, 5.74) is 2.17. The van der Waals surface area contributed by atoms with Crippen molar-refractivity contribution < 1.29 is 4.79 Å². The van der Waals surface area contributed by atoms with Crippen LogP contribution in [0.1, 0.15) is 32.5 Å². The number of nitrogens with one attached hydrogen (secondary N) is 1. The summed E-state index contributed by atoms with van der Waals surface area (Å²) < 4.78 is 1.76. The molecule has 0 spiro atoms. The molecule has 0 saturated heterocycles. The number of hydrogen-bond donors (Lipinski definition) is 1. The maximum atomic E-state index is 12.5. The zero-order valence-corrected chi connectivity index (χ0v) is 13.5. The Labute approximate surface area is 135 Å². The molecular formula is C18H20N4O. The lowest BCUT2D eigenvalue weighted by Gasteiger charge is -2.25. The average Bonchev–Trinajstić information content (AvgIpc) is 2.96. The van der Waals surface area contributed by atoms with Crippen molar-refractivity contribution in [1.82, 2.24) is 20.3 Å². The quantitative estimate of drug-likeness (QED) is 0.808. The van der Waals surface area contributed by atoms with Gasteiger partial charge >= 0.3 is 0 Å². The molecule has 5 heteroatoms. The van der Waals surface area contributed by atoms with Gasteiger partial charge in [0.05, 0.1) is 5.52 Å². The van der Waals surface area contributed by atoms with E-state index < -0.39 is 11.6 Å². The fourth-order valence-corrected chi connectivity index (χ4v) is 2.34. The number of aromatic nitrogens is 3. The monoisotopic (exact) mass is 308 g/mol. The van der Waals surface area contributed by atoms with Crippen LogP contribution in [0.2, 0.25) is 0 Å². The van der Waals surface area contributed by atoms with Crippen molar-refractivity contribution in [3.63, 3.8) is 0 Å². The number of benzene rings is 2. The third kappa shape index (κ3) is 3.08. The lowest BCUT2D eigenvalue weighted by molar-refractivity contribution is -0.129. The summed E-state index contributed by atoms with van der Waals surface area (Å²) in [5.74, 6) is -0.0362. The predicted octanol–water partition coefficient (Wildman–Crippen LogP) is 3.14. The summed E-state index contributed by atoms with van der Waals surface area (Å²) in [6.07, 6.45) is -0.393. The molecule has 1 atom stereocenters. The molecule has 0 unspecified atom stereocenters. The maximum absolute atomic E-state index is 12.5. The van der Waals surface area contributed by atoms with E-state index in [0.29, 0.717) is 0 Å². The summed E-state index contributed by atoms with van der Waals surface area (Å²) in [6.45, 7) is 5.68. The highest BCUT2D eigenvalue weighted by Crippen LogP contribution is 2.22. The molecule has 1 amide bonds. The van der Waals surface area contributed by atoms with Gasteiger partial charge in [0.1, 0.15) is 5.52 Å². The minimum absolute atomic E-state index is 0.0362. The van der Waals surface area contributed by atoms with Gasteiger partial charge in [-0.15, -0.1) is 5.10 Å². The molecular weight excluding hydrogens is 288 g/mol. The van der Waals surface area contributed by atoms with Crippen LogP contribution < -0.4 is 5.32 Å². The van der Waals surface area contributed by atoms with Crippen molar-refractivity contribution in [2.45, 2.75) is 26.9 Å². The van der Waals surface area contributed by atoms with Crippen molar-refractivity contribution in [2.24, 2.45) is 5.41 Å². The van der Waals surface area contributed by atoms with Gasteiger partial charge in [0, 0.05) is 5.41 Å². The van der Waals surface area contributed by atoms with Crippen molar-refractivity contribution in [3.8, 4) is 0 Å². The zero-order chi connectivity index (χ0) is 16.4. The second-order valence-corrected chi connectivity index (χ2v) is 6.56. The molecule has 5 nitrogen and oxygen atoms in total. The van der Waals surface area contributed by atoms with Crippen LogP contribution in [0.4, 0.5) is 0 Å². The first-order chi connectivity index (χ1) is 11.0. The Morgan fingerprint density at radius 1 is 1.04 bits per heavy atom. The minimum Gasteiger partial charge on any atom is -0.330 e. The average molecular weight is 308 g/mol. The van der Waals surface area contributed by atoms with E-state index in [1.165, 1.54) is 0 Å². The van der Waals surface area contributed by atoms with Crippen molar-refractivity contribution in [1.29, 1.82) is 0 Å². The van der Waals surface area contributed by atoms with Gasteiger partial charge in [-0.3, -0.25) is 4.79 Å². The molecule has 118 valence electrons. The second kappa shape index (κ2) is 5.83. The Hall–Kier alpha value is -2.69. The van der Waals surface area contributed by atoms with Gasteiger partial charge in [0.25, 0.3) is 0 Å². The Morgan fingerprint density at radius 3 is 2.39 bits per heavy atom. The number of para-hydroxylation sites is 1. The van der Waals surface area contributed by atoms with Crippen LogP contribution in [0.15, 0.2) is 54.6 Å². The summed E-state index contributed by atoms with van der Waals surface area (Å²) in [4.78, 5) is 12.5. The van der Waals surface area contributed by atoms with Crippen LogP contribution in [0, 0.1) is 5.41 Å². The normalized spacial score (nSPS) is 13.0. The third-order valence-electron chi connectivity index (χ3n) is 3.69. The zero-order valence-electron chi connectivity index (χ0n) is 13.5. The van der Waals surface area contributed by atoms with E-state index in [1.54, 1.807) is 4.68 Å². The second-order valence-electron chi connectivity index (χ2n) is 6.56. The number of carbonyl (C=O) groups excluding carboxylic acids is 1. The third-order valence-corrected chi connectivity index (χ3v) is 3.69. The van der Waals surface area contributed by atoms with Crippen LogP contribution in [0.25, 0.3) is 11.0 Å². The standard InChI is InChI=1S/C18H20N4O/c1-18(2,3)17(23)19-16(13-9-5-4-6-10-13)22-15-12-8-7-11-14(15)20-21-22/h4-12,16H,1-3H3,(H,19,23)/t16-/m1/s1. The predicted molar refractivity (Wildman–Crippen MR) is 89.7 cm³/mol. The number of amides is 1. The molecule has 0 radical (unpaired) electrons. The minimum atomic E-state index is -0.483. The number of hydrogen-bond acceptors (Lipinski definition) is 3. The number of nitrogens with zero attached hydrogens (tertiary/aromatic N) is 3. The fourth-order valence-electron chi connectivity index (χ4n) is 2.34. The summed E-state index contributed by atoms with van der Waals surface area (Å²) in [5, 5.41) is 11.5. The van der Waals surface area contributed by atoms with E-state index in [0.717, 1.165) is 16.6 Å². The van der Waals surface area contributed by atoms with E-state index in [2.05, 4.69) is 15.6 Å². The molecule has 0 aliphatic carbocycles. The van der Waals surface area contributed by atoms with E-state index >= 15 is 0 Å². The van der Waals surface area contributed by atoms with Gasteiger partial charge < -0.3 is 5.32 Å². The Balaban J connectivity index is 2.07. The lowest BCUT2D eigenvalue weighted by Crippen LogP contribution is -2.40. The molecule has 0 fully saturated rings. The smallest absolute Gasteiger partial charge is 0.227 e. The lowest BCUT2D eigenvalue weighted by atomic mass is 9.95. The molecule has 1 heterocycles. The summed E-state index contributed by atoms with van der Waals surface area (Å²) >= 11 is 0. The molecule has 2 aromatic carbocycles. The van der Waals surface area contributed by atoms with E-state index in [-0.39, 0.29) is 5.91 Å². The largest absolute Gasteiger partial charge is 0.330 e. The van der Waals surface area contributed by atoms with Gasteiger partial charge in [-0.05, 0) is 17.7 Å². The van der Waals surface area contributed by atoms with Gasteiger partial charge in [0.15, 0.2) is 6.17 Å². The van der Waals surface area contributed by atoms with Crippen LogP contribution >= 0.6 is 0 Å². The van der Waals surface area contributed by atoms with Gasteiger partial charge in [0.2, 0.25) is 5.91 Å². The Bertz CT molecular complexity index is 818. The molecule has 1 aromatic heterocycles. The molecule has 23 heavy (non-hydrogen) atoms. The first-order valence-corrected chi connectivity index (χ1v) is 7.62. The maximum Gasteiger partial charge on any atom is 0.227 e.